The van der Waals surface area contributed by atoms with Gasteiger partial charge in [0.1, 0.15) is 0 Å². The highest BCUT2D eigenvalue weighted by Crippen LogP contribution is 2.25. The van der Waals surface area contributed by atoms with E-state index >= 15 is 0 Å². The van der Waals surface area contributed by atoms with Crippen LogP contribution in [0.25, 0.3) is 11.1 Å². The van der Waals surface area contributed by atoms with Crippen molar-refractivity contribution in [2.45, 2.75) is 0 Å². The van der Waals surface area contributed by atoms with Crippen molar-refractivity contribution >= 4 is 17.1 Å². The topological polar surface area (TPSA) is 18.5 Å². The number of hydrogen-bond donors (Lipinski definition) is 1. The summed E-state index contributed by atoms with van der Waals surface area (Å²) in [6.45, 7) is 4.47. The van der Waals surface area contributed by atoms with Crippen LogP contribution in [0.15, 0.2) is 78.9 Å². The summed E-state index contributed by atoms with van der Waals surface area (Å²) in [6.07, 6.45) is 0. The minimum Gasteiger partial charge on any atom is -0.369 e. The third-order valence-electron chi connectivity index (χ3n) is 5.02. The highest BCUT2D eigenvalue weighted by molar-refractivity contribution is 5.69. The van der Waals surface area contributed by atoms with E-state index in [1.807, 2.05) is 6.07 Å². The fourth-order valence-corrected chi connectivity index (χ4v) is 3.36. The van der Waals surface area contributed by atoms with Gasteiger partial charge < -0.3 is 15.1 Å². The summed E-state index contributed by atoms with van der Waals surface area (Å²) < 4.78 is 0. The Balaban J connectivity index is 1.41. The first-order valence-electron chi connectivity index (χ1n) is 9.24. The van der Waals surface area contributed by atoms with Gasteiger partial charge in [-0.3, -0.25) is 0 Å². The molecule has 1 aliphatic heterocycles. The first kappa shape index (κ1) is 16.7. The van der Waals surface area contributed by atoms with Crippen LogP contribution >= 0.6 is 0 Å². The first-order chi connectivity index (χ1) is 12.8. The Morgan fingerprint density at radius 3 is 1.77 bits per heavy atom. The number of nitrogens with one attached hydrogen (secondary N) is 1. The van der Waals surface area contributed by atoms with Gasteiger partial charge in [-0.25, -0.2) is 0 Å². The second kappa shape index (κ2) is 7.63. The molecule has 0 saturated carbocycles. The molecule has 1 aliphatic rings. The molecule has 1 N–H and O–H groups in total. The Labute approximate surface area is 155 Å². The zero-order chi connectivity index (χ0) is 17.8. The molecule has 0 aromatic heterocycles. The van der Waals surface area contributed by atoms with E-state index in [0.717, 1.165) is 37.6 Å². The van der Waals surface area contributed by atoms with Gasteiger partial charge in [0, 0.05) is 43.2 Å². The van der Waals surface area contributed by atoms with Crippen LogP contribution in [-0.4, -0.2) is 38.1 Å². The Kier molecular flexibility index (Phi) is 4.89. The van der Waals surface area contributed by atoms with E-state index in [-0.39, 0.29) is 0 Å². The number of benzene rings is 3. The molecule has 0 spiro atoms. The number of likely N-dealkylation sites (N-methyl/N-ethyl adjacent to an activating group) is 1. The molecule has 3 aromatic carbocycles. The Hall–Kier alpha value is -2.78. The minimum atomic E-state index is 1.10. The molecular weight excluding hydrogens is 318 g/mol. The molecule has 0 amide bonds. The number of nitrogens with zero attached hydrogens (tertiary/aromatic N) is 2. The highest BCUT2D eigenvalue weighted by Gasteiger charge is 2.13. The van der Waals surface area contributed by atoms with Crippen LogP contribution in [0.5, 0.6) is 0 Å². The predicted octanol–water partition coefficient (Wildman–Crippen LogP) is 4.85. The van der Waals surface area contributed by atoms with E-state index in [9.17, 15) is 0 Å². The van der Waals surface area contributed by atoms with E-state index in [0.29, 0.717) is 0 Å². The van der Waals surface area contributed by atoms with Gasteiger partial charge in [-0.15, -0.1) is 0 Å². The fraction of sp³-hybridized carbons (Fsp3) is 0.217. The van der Waals surface area contributed by atoms with E-state index in [1.165, 1.54) is 16.8 Å². The Morgan fingerprint density at radius 2 is 1.15 bits per heavy atom. The van der Waals surface area contributed by atoms with Gasteiger partial charge in [0.15, 0.2) is 0 Å². The molecule has 3 heteroatoms. The molecule has 0 bridgehead atoms. The summed E-state index contributed by atoms with van der Waals surface area (Å²) in [7, 11) is 2.19. The van der Waals surface area contributed by atoms with Gasteiger partial charge >= 0.3 is 0 Å². The van der Waals surface area contributed by atoms with Gasteiger partial charge in [-0.1, -0.05) is 42.5 Å². The molecule has 0 aliphatic carbocycles. The number of rotatable bonds is 4. The Morgan fingerprint density at radius 1 is 0.615 bits per heavy atom. The zero-order valence-electron chi connectivity index (χ0n) is 15.2. The summed E-state index contributed by atoms with van der Waals surface area (Å²) in [4.78, 5) is 4.84. The van der Waals surface area contributed by atoms with Crippen LogP contribution in [-0.2, 0) is 0 Å². The highest BCUT2D eigenvalue weighted by atomic mass is 15.2. The third kappa shape index (κ3) is 3.89. The van der Waals surface area contributed by atoms with E-state index < -0.39 is 0 Å². The van der Waals surface area contributed by atoms with Crippen molar-refractivity contribution in [2.75, 3.05) is 43.4 Å². The van der Waals surface area contributed by atoms with Crippen molar-refractivity contribution in [1.82, 2.24) is 4.90 Å². The third-order valence-corrected chi connectivity index (χ3v) is 5.02. The van der Waals surface area contributed by atoms with Gasteiger partial charge in [-0.2, -0.15) is 0 Å². The maximum atomic E-state index is 3.49. The van der Waals surface area contributed by atoms with Crippen LogP contribution < -0.4 is 10.2 Å². The lowest BCUT2D eigenvalue weighted by Gasteiger charge is -2.34. The van der Waals surface area contributed by atoms with Crippen molar-refractivity contribution in [2.24, 2.45) is 0 Å². The molecule has 1 fully saturated rings. The molecule has 132 valence electrons. The molecule has 0 atom stereocenters. The summed E-state index contributed by atoms with van der Waals surface area (Å²) in [6, 6.07) is 27.8. The van der Waals surface area contributed by atoms with Crippen LogP contribution in [0.1, 0.15) is 0 Å². The zero-order valence-corrected chi connectivity index (χ0v) is 15.2. The van der Waals surface area contributed by atoms with Gasteiger partial charge in [0.25, 0.3) is 0 Å². The van der Waals surface area contributed by atoms with Gasteiger partial charge in [0.2, 0.25) is 0 Å². The van der Waals surface area contributed by atoms with Crippen molar-refractivity contribution in [1.29, 1.82) is 0 Å². The quantitative estimate of drug-likeness (QED) is 0.730. The van der Waals surface area contributed by atoms with Crippen molar-refractivity contribution in [3.8, 4) is 11.1 Å². The van der Waals surface area contributed by atoms with Crippen LogP contribution in [0.2, 0.25) is 0 Å². The summed E-state index contributed by atoms with van der Waals surface area (Å²) in [5.41, 5.74) is 6.02. The normalized spacial score (nSPS) is 15.0. The SMILES string of the molecule is CN1CCN(c2ccc(Nc3ccc(-c4ccccc4)cc3)cc2)CC1. The molecule has 4 rings (SSSR count). The van der Waals surface area contributed by atoms with Crippen LogP contribution in [0.3, 0.4) is 0 Å². The minimum absolute atomic E-state index is 1.10. The summed E-state index contributed by atoms with van der Waals surface area (Å²) in [5, 5.41) is 3.49. The number of anilines is 3. The average Bonchev–Trinajstić information content (AvgIpc) is 2.71. The smallest absolute Gasteiger partial charge is 0.0385 e. The fourth-order valence-electron chi connectivity index (χ4n) is 3.36. The second-order valence-electron chi connectivity index (χ2n) is 6.91. The maximum absolute atomic E-state index is 3.49. The molecule has 3 aromatic rings. The maximum Gasteiger partial charge on any atom is 0.0385 e. The molecule has 0 unspecified atom stereocenters. The van der Waals surface area contributed by atoms with Crippen molar-refractivity contribution in [3.63, 3.8) is 0 Å². The van der Waals surface area contributed by atoms with E-state index in [4.69, 9.17) is 0 Å². The van der Waals surface area contributed by atoms with E-state index in [1.54, 1.807) is 0 Å². The standard InChI is InChI=1S/C23H25N3/c1-25-15-17-26(18-16-25)23-13-11-22(12-14-23)24-21-9-7-20(8-10-21)19-5-3-2-4-6-19/h2-14,24H,15-18H2,1H3. The molecule has 1 saturated heterocycles. The predicted molar refractivity (Wildman–Crippen MR) is 111 cm³/mol. The van der Waals surface area contributed by atoms with E-state index in [2.05, 4.69) is 95.0 Å². The number of piperazine rings is 1. The van der Waals surface area contributed by atoms with Gasteiger partial charge in [0.05, 0.1) is 0 Å². The van der Waals surface area contributed by atoms with Crippen LogP contribution in [0.4, 0.5) is 17.1 Å². The molecule has 3 nitrogen and oxygen atoms in total. The van der Waals surface area contributed by atoms with Gasteiger partial charge in [-0.05, 0) is 54.6 Å². The van der Waals surface area contributed by atoms with Crippen molar-refractivity contribution < 1.29 is 0 Å². The monoisotopic (exact) mass is 343 g/mol. The molecule has 1 heterocycles. The summed E-state index contributed by atoms with van der Waals surface area (Å²) in [5.74, 6) is 0. The molecule has 0 radical (unpaired) electrons. The lowest BCUT2D eigenvalue weighted by molar-refractivity contribution is 0.313. The second-order valence-corrected chi connectivity index (χ2v) is 6.91. The lowest BCUT2D eigenvalue weighted by atomic mass is 10.1. The van der Waals surface area contributed by atoms with Crippen LogP contribution in [0, 0.1) is 0 Å². The lowest BCUT2D eigenvalue weighted by Crippen LogP contribution is -2.44. The number of hydrogen-bond acceptors (Lipinski definition) is 3. The summed E-state index contributed by atoms with van der Waals surface area (Å²) >= 11 is 0. The largest absolute Gasteiger partial charge is 0.369 e. The average molecular weight is 343 g/mol. The molecular formula is C23H25N3. The first-order valence-corrected chi connectivity index (χ1v) is 9.24. The van der Waals surface area contributed by atoms with Crippen molar-refractivity contribution in [3.05, 3.63) is 78.9 Å². The Bertz CT molecular complexity index is 818. The molecule has 26 heavy (non-hydrogen) atoms.